The van der Waals surface area contributed by atoms with E-state index in [0.29, 0.717) is 5.56 Å². The summed E-state index contributed by atoms with van der Waals surface area (Å²) in [4.78, 5) is 26.6. The standard InChI is InChI=1S/C42H46O23/c1-15-28(48)32(52)36(56)41(60-15)61-19-11-22(46)27-23(12-19)62-38(17-5-8-20(44)21(45)10-17)39(31(27)51)65-42-37(57)34(54)30(50)25(64-42)14-59-40-35(55)33(53)29(49)24(63-40)13-58-26(47)9-4-16-2-6-18(43)7-3-16/h2-12,15,24-25,28-30,32-37,40-46,48-50,52-57H,13-14H2,1H3/b9-4+/t15-,24-,25+,28-,29+,30+,32-,33-,34+,35-,36-,37-,40+,41-,42-/m0/s1. The highest BCUT2D eigenvalue weighted by atomic mass is 16.7. The van der Waals surface area contributed by atoms with E-state index in [1.54, 1.807) is 0 Å². The molecule has 0 aliphatic carbocycles. The van der Waals surface area contributed by atoms with Gasteiger partial charge in [-0.05, 0) is 48.9 Å². The summed E-state index contributed by atoms with van der Waals surface area (Å²) in [5.74, 6) is -4.52. The first-order valence-electron chi connectivity index (χ1n) is 19.9. The molecule has 3 aliphatic rings. The topological polar surface area (TPSA) is 375 Å². The molecule has 0 saturated carbocycles. The van der Waals surface area contributed by atoms with Crippen LogP contribution in [0.15, 0.2) is 69.9 Å². The predicted molar refractivity (Wildman–Crippen MR) is 214 cm³/mol. The van der Waals surface area contributed by atoms with Crippen LogP contribution in [0.2, 0.25) is 0 Å². The molecule has 13 N–H and O–H groups in total. The van der Waals surface area contributed by atoms with Gasteiger partial charge in [0.1, 0.15) is 102 Å². The maximum atomic E-state index is 14.2. The second-order valence-corrected chi connectivity index (χ2v) is 15.4. The van der Waals surface area contributed by atoms with Gasteiger partial charge in [-0.1, -0.05) is 12.1 Å². The number of benzene rings is 3. The Bertz CT molecular complexity index is 2400. The molecule has 0 amide bonds. The van der Waals surface area contributed by atoms with E-state index in [1.165, 1.54) is 43.3 Å². The highest BCUT2D eigenvalue weighted by Crippen LogP contribution is 2.40. The van der Waals surface area contributed by atoms with Gasteiger partial charge in [0, 0.05) is 23.8 Å². The van der Waals surface area contributed by atoms with E-state index in [4.69, 9.17) is 37.6 Å². The van der Waals surface area contributed by atoms with Gasteiger partial charge in [-0.25, -0.2) is 4.79 Å². The van der Waals surface area contributed by atoms with Crippen molar-refractivity contribution in [3.8, 4) is 45.8 Å². The van der Waals surface area contributed by atoms with Crippen LogP contribution in [-0.2, 0) is 28.5 Å². The number of carbonyl (C=O) groups excluding carboxylic acids is 1. The molecule has 7 rings (SSSR count). The summed E-state index contributed by atoms with van der Waals surface area (Å²) in [6, 6.07) is 11.0. The maximum absolute atomic E-state index is 14.2. The van der Waals surface area contributed by atoms with Crippen molar-refractivity contribution < 1.29 is 109 Å². The number of rotatable bonds is 12. The van der Waals surface area contributed by atoms with Gasteiger partial charge in [0.15, 0.2) is 23.5 Å². The Morgan fingerprint density at radius 3 is 1.89 bits per heavy atom. The number of fused-ring (bicyclic) bond motifs is 1. The molecule has 0 radical (unpaired) electrons. The van der Waals surface area contributed by atoms with Gasteiger partial charge >= 0.3 is 5.97 Å². The number of carbonyl (C=O) groups is 1. The van der Waals surface area contributed by atoms with Crippen molar-refractivity contribution in [1.29, 1.82) is 0 Å². The lowest BCUT2D eigenvalue weighted by molar-refractivity contribution is -0.323. The normalized spacial score (nSPS) is 32.9. The van der Waals surface area contributed by atoms with Crippen molar-refractivity contribution in [1.82, 2.24) is 0 Å². The number of aromatic hydroxyl groups is 4. The van der Waals surface area contributed by atoms with E-state index in [9.17, 15) is 76.0 Å². The molecule has 1 aromatic heterocycles. The number of ether oxygens (including phenoxy) is 7. The second-order valence-electron chi connectivity index (χ2n) is 15.4. The Labute approximate surface area is 365 Å². The fourth-order valence-corrected chi connectivity index (χ4v) is 7.14. The lowest BCUT2D eigenvalue weighted by atomic mass is 9.98. The van der Waals surface area contributed by atoms with E-state index in [-0.39, 0.29) is 17.1 Å². The van der Waals surface area contributed by atoms with Crippen LogP contribution in [0, 0.1) is 0 Å². The molecule has 65 heavy (non-hydrogen) atoms. The fourth-order valence-electron chi connectivity index (χ4n) is 7.14. The quantitative estimate of drug-likeness (QED) is 0.0406. The molecule has 23 heteroatoms. The van der Waals surface area contributed by atoms with Crippen LogP contribution in [0.4, 0.5) is 0 Å². The lowest BCUT2D eigenvalue weighted by Crippen LogP contribution is -2.62. The van der Waals surface area contributed by atoms with Crippen LogP contribution >= 0.6 is 0 Å². The van der Waals surface area contributed by atoms with Gasteiger partial charge in [0.2, 0.25) is 23.8 Å². The third-order valence-electron chi connectivity index (χ3n) is 10.9. The Balaban J connectivity index is 1.10. The lowest BCUT2D eigenvalue weighted by Gasteiger charge is -2.42. The minimum Gasteiger partial charge on any atom is -0.508 e. The number of aliphatic hydroxyl groups excluding tert-OH is 9. The van der Waals surface area contributed by atoms with E-state index in [2.05, 4.69) is 0 Å². The van der Waals surface area contributed by atoms with Crippen molar-refractivity contribution in [2.75, 3.05) is 13.2 Å². The molecular formula is C42H46O23. The minimum atomic E-state index is -2.12. The zero-order valence-corrected chi connectivity index (χ0v) is 33.8. The predicted octanol–water partition coefficient (Wildman–Crippen LogP) is -2.24. The third kappa shape index (κ3) is 9.97. The number of aliphatic hydroxyl groups is 9. The summed E-state index contributed by atoms with van der Waals surface area (Å²) < 4.78 is 44.9. The zero-order valence-electron chi connectivity index (χ0n) is 33.8. The summed E-state index contributed by atoms with van der Waals surface area (Å²) in [5.41, 5.74) is -1.13. The number of phenolic OH excluding ortho intramolecular Hbond substituents is 4. The van der Waals surface area contributed by atoms with Gasteiger partial charge in [-0.3, -0.25) is 4.79 Å². The van der Waals surface area contributed by atoms with Crippen molar-refractivity contribution in [3.05, 3.63) is 76.5 Å². The molecule has 352 valence electrons. The first kappa shape index (κ1) is 47.3. The number of esters is 1. The van der Waals surface area contributed by atoms with Crippen LogP contribution in [0.1, 0.15) is 12.5 Å². The highest BCUT2D eigenvalue weighted by molar-refractivity contribution is 5.89. The van der Waals surface area contributed by atoms with Gasteiger partial charge in [0.25, 0.3) is 0 Å². The second kappa shape index (κ2) is 19.4. The van der Waals surface area contributed by atoms with Crippen LogP contribution in [0.25, 0.3) is 28.4 Å². The van der Waals surface area contributed by atoms with Gasteiger partial charge < -0.3 is 104 Å². The summed E-state index contributed by atoms with van der Waals surface area (Å²) >= 11 is 0. The largest absolute Gasteiger partial charge is 0.508 e. The average molecular weight is 919 g/mol. The van der Waals surface area contributed by atoms with Gasteiger partial charge in [0.05, 0.1) is 12.7 Å². The summed E-state index contributed by atoms with van der Waals surface area (Å²) in [6.45, 7) is -0.0256. The molecule has 3 aromatic carbocycles. The first-order valence-corrected chi connectivity index (χ1v) is 19.9. The van der Waals surface area contributed by atoms with E-state index >= 15 is 0 Å². The van der Waals surface area contributed by atoms with Gasteiger partial charge in [-0.2, -0.15) is 0 Å². The molecule has 0 unspecified atom stereocenters. The van der Waals surface area contributed by atoms with Crippen LogP contribution < -0.4 is 14.9 Å². The molecular weight excluding hydrogens is 872 g/mol. The van der Waals surface area contributed by atoms with Crippen molar-refractivity contribution in [2.45, 2.75) is 99.0 Å². The summed E-state index contributed by atoms with van der Waals surface area (Å²) in [5, 5.41) is 136. The van der Waals surface area contributed by atoms with Crippen molar-refractivity contribution in [3.63, 3.8) is 0 Å². The molecule has 3 fully saturated rings. The molecule has 3 aliphatic heterocycles. The number of hydrogen-bond donors (Lipinski definition) is 13. The fraction of sp³-hybridized carbons (Fsp3) is 0.429. The molecule has 4 heterocycles. The molecule has 3 saturated heterocycles. The molecule has 0 bridgehead atoms. The molecule has 0 spiro atoms. The van der Waals surface area contributed by atoms with E-state index < -0.39 is 156 Å². The Hall–Kier alpha value is -5.64. The van der Waals surface area contributed by atoms with Gasteiger partial charge in [-0.15, -0.1) is 0 Å². The van der Waals surface area contributed by atoms with Crippen molar-refractivity contribution >= 4 is 23.0 Å². The third-order valence-corrected chi connectivity index (χ3v) is 10.9. The maximum Gasteiger partial charge on any atom is 0.330 e. The number of hydrogen-bond acceptors (Lipinski definition) is 23. The van der Waals surface area contributed by atoms with Crippen LogP contribution in [0.5, 0.6) is 34.5 Å². The van der Waals surface area contributed by atoms with E-state index in [1.807, 2.05) is 0 Å². The monoisotopic (exact) mass is 918 g/mol. The molecule has 15 atom stereocenters. The van der Waals surface area contributed by atoms with Crippen molar-refractivity contribution in [2.24, 2.45) is 0 Å². The smallest absolute Gasteiger partial charge is 0.330 e. The average Bonchev–Trinajstić information content (AvgIpc) is 3.27. The van der Waals surface area contributed by atoms with E-state index in [0.717, 1.165) is 30.3 Å². The van der Waals surface area contributed by atoms with Crippen LogP contribution in [0.3, 0.4) is 0 Å². The Morgan fingerprint density at radius 1 is 0.631 bits per heavy atom. The molecule has 4 aromatic rings. The minimum absolute atomic E-state index is 0.0114. The summed E-state index contributed by atoms with van der Waals surface area (Å²) in [6.07, 6.45) is -23.8. The molecule has 23 nitrogen and oxygen atoms in total. The Kier molecular flexibility index (Phi) is 14.2. The highest BCUT2D eigenvalue weighted by Gasteiger charge is 2.49. The SMILES string of the molecule is C[C@@H]1O[C@@H](Oc2cc(O)c3c(=O)c(O[C@@H]4O[C@H](CO[C@@H]5O[C@@H](COC(=O)/C=C/c6ccc(O)cc6)[C@@H](O)[C@H](O)[C@@H]5O)[C@@H](O)[C@@H](O)[C@@H]4O)c(-c4ccc(O)c(O)c4)oc3c2)[C@@H](O)[C@@H](O)[C@H]1O. The zero-order chi connectivity index (χ0) is 47.0. The van der Waals surface area contributed by atoms with Crippen LogP contribution in [-0.4, -0.2) is 178 Å². The Morgan fingerprint density at radius 2 is 1.23 bits per heavy atom. The first-order chi connectivity index (χ1) is 30.8. The summed E-state index contributed by atoms with van der Waals surface area (Å²) in [7, 11) is 0. The number of phenols is 4.